The Bertz CT molecular complexity index is 1060. The van der Waals surface area contributed by atoms with Gasteiger partial charge in [-0.15, -0.1) is 0 Å². The molecule has 1 aliphatic rings. The lowest BCUT2D eigenvalue weighted by Crippen LogP contribution is -2.45. The van der Waals surface area contributed by atoms with Gasteiger partial charge < -0.3 is 14.8 Å². The molecule has 3 rings (SSSR count). The van der Waals surface area contributed by atoms with E-state index in [1.54, 1.807) is 12.1 Å². The Morgan fingerprint density at radius 1 is 1.12 bits per heavy atom. The highest BCUT2D eigenvalue weighted by Crippen LogP contribution is 2.31. The number of sulfonamides is 1. The van der Waals surface area contributed by atoms with Gasteiger partial charge in [0.05, 0.1) is 30.1 Å². The minimum atomic E-state index is -3.68. The first-order valence-electron chi connectivity index (χ1n) is 11.2. The number of carbonyl (C=O) groups is 1. The smallest absolute Gasteiger partial charge is 0.243 e. The number of nitrogens with one attached hydrogen (secondary N) is 1. The molecule has 7 nitrogen and oxygen atoms in total. The number of hydrogen-bond acceptors (Lipinski definition) is 5. The lowest BCUT2D eigenvalue weighted by Gasteiger charge is -2.32. The van der Waals surface area contributed by atoms with Crippen LogP contribution in [0.2, 0.25) is 5.02 Å². The molecule has 0 radical (unpaired) electrons. The van der Waals surface area contributed by atoms with Gasteiger partial charge in [0.1, 0.15) is 0 Å². The molecule has 0 saturated carbocycles. The molecule has 1 fully saturated rings. The van der Waals surface area contributed by atoms with E-state index in [0.717, 1.165) is 5.56 Å². The number of benzene rings is 2. The SMILES string of the molecule is CCOc1ccc([C@@H](C)NC(=O)[C@@H]2CCCN(S(=O)(=O)c3ccc(Cl)cc3)C2)cc1OCC. The van der Waals surface area contributed by atoms with Gasteiger partial charge in [-0.25, -0.2) is 8.42 Å². The first-order valence-corrected chi connectivity index (χ1v) is 13.0. The van der Waals surface area contributed by atoms with Gasteiger partial charge in [0.25, 0.3) is 0 Å². The molecule has 0 bridgehead atoms. The van der Waals surface area contributed by atoms with Crippen molar-refractivity contribution in [2.24, 2.45) is 5.92 Å². The zero-order valence-electron chi connectivity index (χ0n) is 19.2. The molecule has 0 aliphatic carbocycles. The normalized spacial score (nSPS) is 17.9. The lowest BCUT2D eigenvalue weighted by atomic mass is 9.98. The third kappa shape index (κ3) is 6.19. The maximum atomic E-state index is 13.0. The molecular weight excluding hydrogens is 464 g/mol. The van der Waals surface area contributed by atoms with Crippen molar-refractivity contribution in [1.29, 1.82) is 0 Å². The second-order valence-electron chi connectivity index (χ2n) is 7.96. The molecule has 0 unspecified atom stereocenters. The van der Waals surface area contributed by atoms with E-state index in [0.29, 0.717) is 49.1 Å². The summed E-state index contributed by atoms with van der Waals surface area (Å²) in [5.41, 5.74) is 0.886. The first-order chi connectivity index (χ1) is 15.8. The molecule has 2 aromatic rings. The third-order valence-electron chi connectivity index (χ3n) is 5.63. The van der Waals surface area contributed by atoms with Gasteiger partial charge >= 0.3 is 0 Å². The summed E-state index contributed by atoms with van der Waals surface area (Å²) >= 11 is 5.89. The summed E-state index contributed by atoms with van der Waals surface area (Å²) in [6.07, 6.45) is 1.26. The number of nitrogens with zero attached hydrogens (tertiary/aromatic N) is 1. The van der Waals surface area contributed by atoms with E-state index in [9.17, 15) is 13.2 Å². The van der Waals surface area contributed by atoms with E-state index in [2.05, 4.69) is 5.32 Å². The van der Waals surface area contributed by atoms with Gasteiger partial charge in [0, 0.05) is 18.1 Å². The van der Waals surface area contributed by atoms with Crippen molar-refractivity contribution >= 4 is 27.5 Å². The predicted molar refractivity (Wildman–Crippen MR) is 128 cm³/mol. The highest BCUT2D eigenvalue weighted by molar-refractivity contribution is 7.89. The zero-order chi connectivity index (χ0) is 24.0. The van der Waals surface area contributed by atoms with Gasteiger partial charge in [-0.1, -0.05) is 17.7 Å². The van der Waals surface area contributed by atoms with Gasteiger partial charge in [-0.2, -0.15) is 4.31 Å². The van der Waals surface area contributed by atoms with Crippen LogP contribution in [0.1, 0.15) is 45.2 Å². The molecule has 33 heavy (non-hydrogen) atoms. The van der Waals surface area contributed by atoms with Gasteiger partial charge in [0.2, 0.25) is 15.9 Å². The van der Waals surface area contributed by atoms with E-state index >= 15 is 0 Å². The molecule has 1 N–H and O–H groups in total. The molecule has 1 saturated heterocycles. The van der Waals surface area contributed by atoms with Crippen LogP contribution in [0.5, 0.6) is 11.5 Å². The van der Waals surface area contributed by atoms with Gasteiger partial charge in [-0.3, -0.25) is 4.79 Å². The van der Waals surface area contributed by atoms with E-state index in [-0.39, 0.29) is 23.4 Å². The van der Waals surface area contributed by atoms with E-state index in [4.69, 9.17) is 21.1 Å². The third-order valence-corrected chi connectivity index (χ3v) is 7.76. The topological polar surface area (TPSA) is 84.9 Å². The Hall–Kier alpha value is -2.29. The second kappa shape index (κ2) is 11.2. The van der Waals surface area contributed by atoms with Crippen LogP contribution in [0.3, 0.4) is 0 Å². The minimum Gasteiger partial charge on any atom is -0.490 e. The maximum absolute atomic E-state index is 13.0. The van der Waals surface area contributed by atoms with Crippen LogP contribution < -0.4 is 14.8 Å². The van der Waals surface area contributed by atoms with Gasteiger partial charge in [-0.05, 0) is 75.6 Å². The maximum Gasteiger partial charge on any atom is 0.243 e. The number of ether oxygens (including phenoxy) is 2. The van der Waals surface area contributed by atoms with E-state index in [1.165, 1.54) is 16.4 Å². The summed E-state index contributed by atoms with van der Waals surface area (Å²) < 4.78 is 38.7. The molecule has 1 amide bonds. The fourth-order valence-corrected chi connectivity index (χ4v) is 5.53. The fraction of sp³-hybridized carbons (Fsp3) is 0.458. The summed E-state index contributed by atoms with van der Waals surface area (Å²) in [7, 11) is -3.68. The molecular formula is C24H31ClN2O5S. The van der Waals surface area contributed by atoms with E-state index < -0.39 is 15.9 Å². The van der Waals surface area contributed by atoms with Crippen LogP contribution in [0.25, 0.3) is 0 Å². The summed E-state index contributed by atoms with van der Waals surface area (Å²) in [6, 6.07) is 11.4. The fourth-order valence-electron chi connectivity index (χ4n) is 3.88. The standard InChI is InChI=1S/C24H31ClN2O5S/c1-4-31-22-13-8-18(15-23(22)32-5-2)17(3)26-24(28)19-7-6-14-27(16-19)33(29,30)21-11-9-20(25)10-12-21/h8-13,15,17,19H,4-7,14,16H2,1-3H3,(H,26,28)/t17-,19-/m1/s1. The number of carbonyl (C=O) groups excluding carboxylic acids is 1. The summed E-state index contributed by atoms with van der Waals surface area (Å²) in [5.74, 6) is 0.718. The summed E-state index contributed by atoms with van der Waals surface area (Å²) in [5, 5.41) is 3.50. The zero-order valence-corrected chi connectivity index (χ0v) is 20.8. The van der Waals surface area contributed by atoms with Crippen LogP contribution in [0.15, 0.2) is 47.4 Å². The van der Waals surface area contributed by atoms with Crippen LogP contribution in [0.4, 0.5) is 0 Å². The van der Waals surface area contributed by atoms with Crippen molar-refractivity contribution in [3.05, 3.63) is 53.1 Å². The predicted octanol–water partition coefficient (Wildman–Crippen LogP) is 4.42. The second-order valence-corrected chi connectivity index (χ2v) is 10.3. The van der Waals surface area contributed by atoms with Crippen molar-refractivity contribution in [2.75, 3.05) is 26.3 Å². The van der Waals surface area contributed by atoms with Crippen molar-refractivity contribution in [1.82, 2.24) is 9.62 Å². The number of hydrogen-bond donors (Lipinski definition) is 1. The Kier molecular flexibility index (Phi) is 8.62. The molecule has 9 heteroatoms. The molecule has 0 spiro atoms. The number of rotatable bonds is 9. The Labute approximate surface area is 201 Å². The molecule has 2 aromatic carbocycles. The number of piperidine rings is 1. The number of halogens is 1. The van der Waals surface area contributed by atoms with Crippen molar-refractivity contribution in [3.8, 4) is 11.5 Å². The molecule has 2 atom stereocenters. The quantitative estimate of drug-likeness (QED) is 0.558. The van der Waals surface area contributed by atoms with Crippen LogP contribution in [-0.4, -0.2) is 44.9 Å². The lowest BCUT2D eigenvalue weighted by molar-refractivity contribution is -0.126. The Morgan fingerprint density at radius 2 is 1.79 bits per heavy atom. The summed E-state index contributed by atoms with van der Waals surface area (Å²) in [4.78, 5) is 13.2. The summed E-state index contributed by atoms with van der Waals surface area (Å²) in [6.45, 7) is 7.28. The molecule has 0 aromatic heterocycles. The van der Waals surface area contributed by atoms with Crippen molar-refractivity contribution in [2.45, 2.75) is 44.6 Å². The Balaban J connectivity index is 1.68. The number of amides is 1. The van der Waals surface area contributed by atoms with Gasteiger partial charge in [0.15, 0.2) is 11.5 Å². The van der Waals surface area contributed by atoms with Crippen LogP contribution in [0, 0.1) is 5.92 Å². The monoisotopic (exact) mass is 494 g/mol. The first kappa shape index (κ1) is 25.3. The largest absolute Gasteiger partial charge is 0.490 e. The molecule has 180 valence electrons. The average Bonchev–Trinajstić information content (AvgIpc) is 2.81. The highest BCUT2D eigenvalue weighted by atomic mass is 35.5. The molecule has 1 heterocycles. The molecule has 1 aliphatic heterocycles. The van der Waals surface area contributed by atoms with E-state index in [1.807, 2.05) is 39.0 Å². The highest BCUT2D eigenvalue weighted by Gasteiger charge is 2.33. The average molecular weight is 495 g/mol. The van der Waals surface area contributed by atoms with Crippen molar-refractivity contribution < 1.29 is 22.7 Å². The Morgan fingerprint density at radius 3 is 2.45 bits per heavy atom. The van der Waals surface area contributed by atoms with Crippen LogP contribution >= 0.6 is 11.6 Å². The van der Waals surface area contributed by atoms with Crippen LogP contribution in [-0.2, 0) is 14.8 Å². The van der Waals surface area contributed by atoms with Crippen molar-refractivity contribution in [3.63, 3.8) is 0 Å². The minimum absolute atomic E-state index is 0.150.